The van der Waals surface area contributed by atoms with Gasteiger partial charge in [-0.25, -0.2) is 4.79 Å². The van der Waals surface area contributed by atoms with Crippen LogP contribution in [0.25, 0.3) is 0 Å². The normalized spacial score (nSPS) is 15.7. The van der Waals surface area contributed by atoms with Crippen LogP contribution in [0.5, 0.6) is 0 Å². The van der Waals surface area contributed by atoms with Crippen LogP contribution < -0.4 is 0 Å². The maximum Gasteiger partial charge on any atom is 0.337 e. The molecule has 0 aromatic carbocycles. The van der Waals surface area contributed by atoms with Gasteiger partial charge >= 0.3 is 5.97 Å². The van der Waals surface area contributed by atoms with Crippen molar-refractivity contribution >= 4 is 17.8 Å². The lowest BCUT2D eigenvalue weighted by Crippen LogP contribution is -2.32. The van der Waals surface area contributed by atoms with Crippen molar-refractivity contribution in [1.29, 1.82) is 0 Å². The topological polar surface area (TPSA) is 83.9 Å². The quantitative estimate of drug-likeness (QED) is 0.504. The van der Waals surface area contributed by atoms with Crippen molar-refractivity contribution in [3.8, 4) is 0 Å². The van der Waals surface area contributed by atoms with Crippen LogP contribution in [-0.2, 0) is 19.2 Å². The summed E-state index contributed by atoms with van der Waals surface area (Å²) in [5, 5.41) is 9.06. The summed E-state index contributed by atoms with van der Waals surface area (Å²) in [6.07, 6.45) is -0.0896. The van der Waals surface area contributed by atoms with Gasteiger partial charge in [0.05, 0.1) is 13.0 Å². The van der Waals surface area contributed by atoms with E-state index in [0.717, 1.165) is 0 Å². The molecule has 6 nitrogen and oxygen atoms in total. The van der Waals surface area contributed by atoms with Crippen LogP contribution in [0.3, 0.4) is 0 Å². The molecule has 0 aliphatic carbocycles. The molecule has 1 N–H and O–H groups in total. The SMILES string of the molecule is C=C(CO)CC(=O)ON1C(=O)CCC1=O. The fourth-order valence-electron chi connectivity index (χ4n) is 1.05. The number of nitrogens with zero attached hydrogens (tertiary/aromatic N) is 1. The van der Waals surface area contributed by atoms with Gasteiger partial charge < -0.3 is 9.94 Å². The lowest BCUT2D eigenvalue weighted by molar-refractivity contribution is -0.197. The van der Waals surface area contributed by atoms with Gasteiger partial charge in [0.25, 0.3) is 11.8 Å². The molecule has 15 heavy (non-hydrogen) atoms. The molecule has 0 spiro atoms. The highest BCUT2D eigenvalue weighted by Gasteiger charge is 2.32. The Bertz CT molecular complexity index is 306. The molecule has 0 atom stereocenters. The first kappa shape index (κ1) is 11.4. The van der Waals surface area contributed by atoms with Crippen LogP contribution in [0.15, 0.2) is 12.2 Å². The molecule has 1 fully saturated rings. The lowest BCUT2D eigenvalue weighted by atomic mass is 10.2. The summed E-state index contributed by atoms with van der Waals surface area (Å²) in [6.45, 7) is 3.05. The minimum atomic E-state index is -0.780. The Kier molecular flexibility index (Phi) is 3.56. The zero-order chi connectivity index (χ0) is 11.4. The Morgan fingerprint density at radius 3 is 2.40 bits per heavy atom. The minimum Gasteiger partial charge on any atom is -0.392 e. The highest BCUT2D eigenvalue weighted by molar-refractivity contribution is 6.01. The van der Waals surface area contributed by atoms with Crippen LogP contribution in [0.1, 0.15) is 19.3 Å². The average molecular weight is 213 g/mol. The van der Waals surface area contributed by atoms with Crippen molar-refractivity contribution in [3.63, 3.8) is 0 Å². The first-order valence-corrected chi connectivity index (χ1v) is 4.38. The van der Waals surface area contributed by atoms with Crippen LogP contribution in [-0.4, -0.2) is 34.6 Å². The van der Waals surface area contributed by atoms with Gasteiger partial charge in [0, 0.05) is 12.8 Å². The van der Waals surface area contributed by atoms with E-state index in [1.54, 1.807) is 0 Å². The van der Waals surface area contributed by atoms with E-state index in [1.165, 1.54) is 0 Å². The summed E-state index contributed by atoms with van der Waals surface area (Å²) < 4.78 is 0. The molecular weight excluding hydrogens is 202 g/mol. The Balaban J connectivity index is 2.47. The van der Waals surface area contributed by atoms with Crippen LogP contribution in [0, 0.1) is 0 Å². The second-order valence-electron chi connectivity index (χ2n) is 3.13. The van der Waals surface area contributed by atoms with Gasteiger partial charge in [-0.15, -0.1) is 5.06 Å². The van der Waals surface area contributed by atoms with E-state index in [2.05, 4.69) is 11.4 Å². The maximum absolute atomic E-state index is 11.1. The largest absolute Gasteiger partial charge is 0.392 e. The van der Waals surface area contributed by atoms with Gasteiger partial charge in [0.2, 0.25) is 0 Å². The number of hydrogen-bond acceptors (Lipinski definition) is 5. The van der Waals surface area contributed by atoms with Gasteiger partial charge in [-0.1, -0.05) is 6.58 Å². The van der Waals surface area contributed by atoms with Crippen LogP contribution >= 0.6 is 0 Å². The van der Waals surface area contributed by atoms with E-state index in [4.69, 9.17) is 5.11 Å². The molecule has 0 aromatic rings. The van der Waals surface area contributed by atoms with Gasteiger partial charge in [0.15, 0.2) is 0 Å². The van der Waals surface area contributed by atoms with Gasteiger partial charge in [-0.2, -0.15) is 0 Å². The van der Waals surface area contributed by atoms with Crippen molar-refractivity contribution in [2.75, 3.05) is 6.61 Å². The third-order valence-electron chi connectivity index (χ3n) is 1.82. The van der Waals surface area contributed by atoms with E-state index in [9.17, 15) is 14.4 Å². The highest BCUT2D eigenvalue weighted by atomic mass is 16.7. The summed E-state index contributed by atoms with van der Waals surface area (Å²) in [4.78, 5) is 37.7. The number of amides is 2. The third-order valence-corrected chi connectivity index (χ3v) is 1.82. The summed E-state index contributed by atoms with van der Waals surface area (Å²) >= 11 is 0. The number of imide groups is 1. The van der Waals surface area contributed by atoms with Gasteiger partial charge in [0.1, 0.15) is 0 Å². The monoisotopic (exact) mass is 213 g/mol. The molecule has 1 saturated heterocycles. The van der Waals surface area contributed by atoms with Crippen molar-refractivity contribution < 1.29 is 24.3 Å². The second-order valence-corrected chi connectivity index (χ2v) is 3.13. The average Bonchev–Trinajstić information content (AvgIpc) is 2.49. The number of carbonyl (C=O) groups excluding carboxylic acids is 3. The molecular formula is C9H11NO5. The molecule has 0 radical (unpaired) electrons. The molecule has 1 aliphatic rings. The van der Waals surface area contributed by atoms with E-state index < -0.39 is 17.8 Å². The van der Waals surface area contributed by atoms with E-state index in [0.29, 0.717) is 5.06 Å². The Hall–Kier alpha value is -1.69. The standard InChI is InChI=1S/C9H11NO5/c1-6(5-11)4-9(14)15-10-7(12)2-3-8(10)13/h11H,1-5H2. The van der Waals surface area contributed by atoms with Gasteiger partial charge in [-0.05, 0) is 5.57 Å². The maximum atomic E-state index is 11.1. The molecule has 0 aromatic heterocycles. The fraction of sp³-hybridized carbons (Fsp3) is 0.444. The number of hydrogen-bond donors (Lipinski definition) is 1. The summed E-state index contributed by atoms with van der Waals surface area (Å²) in [7, 11) is 0. The fourth-order valence-corrected chi connectivity index (χ4v) is 1.05. The molecule has 2 amide bonds. The van der Waals surface area contributed by atoms with Gasteiger partial charge in [-0.3, -0.25) is 9.59 Å². The zero-order valence-electron chi connectivity index (χ0n) is 8.06. The Morgan fingerprint density at radius 2 is 1.93 bits per heavy atom. The molecule has 0 unspecified atom stereocenters. The van der Waals surface area contributed by atoms with Crippen molar-refractivity contribution in [3.05, 3.63) is 12.2 Å². The molecule has 0 saturated carbocycles. The summed E-state index contributed by atoms with van der Waals surface area (Å²) in [5.41, 5.74) is 0.263. The summed E-state index contributed by atoms with van der Waals surface area (Å²) in [5.74, 6) is -1.83. The number of carbonyl (C=O) groups is 3. The number of aliphatic hydroxyl groups excluding tert-OH is 1. The number of hydroxylamine groups is 2. The first-order valence-electron chi connectivity index (χ1n) is 4.38. The van der Waals surface area contributed by atoms with E-state index in [1.807, 2.05) is 0 Å². The van der Waals surface area contributed by atoms with E-state index >= 15 is 0 Å². The third kappa shape index (κ3) is 2.88. The Labute approximate surface area is 86.1 Å². The van der Waals surface area contributed by atoms with Crippen molar-refractivity contribution in [2.45, 2.75) is 19.3 Å². The minimum absolute atomic E-state index is 0.0626. The number of aliphatic hydroxyl groups is 1. The second kappa shape index (κ2) is 4.70. The Morgan fingerprint density at radius 1 is 1.40 bits per heavy atom. The van der Waals surface area contributed by atoms with Crippen LogP contribution in [0.2, 0.25) is 0 Å². The zero-order valence-corrected chi connectivity index (χ0v) is 8.06. The van der Waals surface area contributed by atoms with Crippen LogP contribution in [0.4, 0.5) is 0 Å². The van der Waals surface area contributed by atoms with Crippen molar-refractivity contribution in [1.82, 2.24) is 5.06 Å². The molecule has 1 rings (SSSR count). The first-order chi connectivity index (χ1) is 7.04. The summed E-state index contributed by atoms with van der Waals surface area (Å²) in [6, 6.07) is 0. The molecule has 6 heteroatoms. The highest BCUT2D eigenvalue weighted by Crippen LogP contribution is 2.13. The molecule has 1 aliphatic heterocycles. The molecule has 1 heterocycles. The lowest BCUT2D eigenvalue weighted by Gasteiger charge is -2.12. The predicted octanol–water partition coefficient (Wildman–Crippen LogP) is -0.468. The van der Waals surface area contributed by atoms with Crippen molar-refractivity contribution in [2.24, 2.45) is 0 Å². The molecule has 82 valence electrons. The predicted molar refractivity (Wildman–Crippen MR) is 48.0 cm³/mol. The molecule has 0 bridgehead atoms. The number of rotatable bonds is 4. The van der Waals surface area contributed by atoms with E-state index in [-0.39, 0.29) is 31.4 Å². The smallest absolute Gasteiger partial charge is 0.337 e.